The molecule has 3 aromatic heterocycles. The number of nitrogens with one attached hydrogen (secondary N) is 3. The number of thiophene rings is 1. The van der Waals surface area contributed by atoms with Gasteiger partial charge in [-0.1, -0.05) is 29.8 Å². The van der Waals surface area contributed by atoms with Gasteiger partial charge >= 0.3 is 6.18 Å². The Morgan fingerprint density at radius 3 is 2.28 bits per heavy atom. The number of carbonyl (C=O) groups is 2. The first-order valence-corrected chi connectivity index (χ1v) is 22.4. The van der Waals surface area contributed by atoms with Crippen LogP contribution >= 0.6 is 36.4 Å². The van der Waals surface area contributed by atoms with Crippen LogP contribution in [0.4, 0.5) is 30.4 Å². The van der Waals surface area contributed by atoms with Gasteiger partial charge in [-0.3, -0.25) is 19.1 Å². The van der Waals surface area contributed by atoms with Gasteiger partial charge in [0.05, 0.1) is 58.2 Å². The molecule has 20 heteroatoms. The van der Waals surface area contributed by atoms with Gasteiger partial charge in [0.1, 0.15) is 35.0 Å². The molecule has 8 rings (SSSR count). The molecular weight excluding hydrogens is 929 g/mol. The second-order valence-corrected chi connectivity index (χ2v) is 17.1. The van der Waals surface area contributed by atoms with Crippen molar-refractivity contribution >= 4 is 71.2 Å². The Kier molecular flexibility index (Phi) is 16.0. The van der Waals surface area contributed by atoms with Gasteiger partial charge < -0.3 is 34.9 Å². The van der Waals surface area contributed by atoms with Crippen LogP contribution in [0, 0.1) is 20.8 Å². The van der Waals surface area contributed by atoms with Crippen LogP contribution in [0.25, 0.3) is 16.1 Å². The van der Waals surface area contributed by atoms with Gasteiger partial charge in [-0.15, -0.1) is 21.5 Å². The van der Waals surface area contributed by atoms with Crippen molar-refractivity contribution in [2.75, 3.05) is 68.7 Å². The van der Waals surface area contributed by atoms with Crippen molar-refractivity contribution < 1.29 is 41.7 Å². The largest absolute Gasteiger partial charge is 0.491 e. The third kappa shape index (κ3) is 11.8. The van der Waals surface area contributed by atoms with Crippen LogP contribution in [0.3, 0.4) is 0 Å². The quantitative estimate of drug-likeness (QED) is 0.0668. The average Bonchev–Trinajstić information content (AvgIpc) is 3.93. The lowest BCUT2D eigenvalue weighted by Gasteiger charge is -2.15. The molecule has 14 nitrogen and oxygen atoms in total. The lowest BCUT2D eigenvalue weighted by atomic mass is 9.99. The number of fused-ring (bicyclic) bond motifs is 4. The standard InChI is InChI=1S/C47H46ClF3N8O6S.H2S/c1-27-28(2)66-46-42(27)43(30-4-7-33(48)8-5-30)55-38(45-58-57-29(3)59(45)46)26-41(61)53-34-9-11-35(12-10-34)65-23-22-64-21-20-63-19-18-62-17-16-52-39-15-13-36(44(56-39)47(49,50)51)31-6-14-37-32(24-31)25-40(60)54-37;/h4-15,24,38H,16-23,25-26H2,1-3H3,(H,52,56)(H,53,61)(H,54,60);1H2/t38-;/m0./s1. The highest BCUT2D eigenvalue weighted by Gasteiger charge is 2.37. The molecule has 3 aromatic carbocycles. The number of pyridine rings is 1. The van der Waals surface area contributed by atoms with E-state index < -0.39 is 17.9 Å². The molecule has 0 saturated carbocycles. The molecule has 0 spiro atoms. The summed E-state index contributed by atoms with van der Waals surface area (Å²) >= 11 is 7.88. The molecule has 1 atom stereocenters. The van der Waals surface area contributed by atoms with Gasteiger partial charge in [0.15, 0.2) is 11.5 Å². The van der Waals surface area contributed by atoms with Gasteiger partial charge in [-0.2, -0.15) is 26.7 Å². The first-order chi connectivity index (χ1) is 31.8. The fraction of sp³-hybridized carbons (Fsp3) is 0.319. The van der Waals surface area contributed by atoms with Crippen LogP contribution in [-0.4, -0.2) is 90.1 Å². The number of ether oxygens (including phenoxy) is 4. The molecule has 0 unspecified atom stereocenters. The summed E-state index contributed by atoms with van der Waals surface area (Å²) in [6.45, 7) is 8.44. The number of hydrogen-bond donors (Lipinski definition) is 3. The predicted octanol–water partition coefficient (Wildman–Crippen LogP) is 9.06. The molecule has 0 fully saturated rings. The number of aliphatic imine (C=N–C) groups is 1. The van der Waals surface area contributed by atoms with E-state index in [0.29, 0.717) is 78.0 Å². The summed E-state index contributed by atoms with van der Waals surface area (Å²) in [5.74, 6) is 1.57. The SMILES string of the molecule is Cc1sc2c(c1C)C(c1ccc(Cl)cc1)=N[C@@H](CC(=O)Nc1ccc(OCCOCCOCCOCCNc3ccc(-c4ccc5c(c4)CC(=O)N5)c(C(F)(F)F)n3)cc1)c1nnc(C)n1-2.S. The van der Waals surface area contributed by atoms with E-state index in [-0.39, 0.29) is 69.3 Å². The Labute approximate surface area is 400 Å². The van der Waals surface area contributed by atoms with E-state index in [1.165, 1.54) is 12.1 Å². The lowest BCUT2D eigenvalue weighted by Crippen LogP contribution is -2.17. The van der Waals surface area contributed by atoms with E-state index in [1.54, 1.807) is 53.8 Å². The van der Waals surface area contributed by atoms with E-state index in [4.69, 9.17) is 35.5 Å². The Hall–Kier alpha value is -5.83. The maximum Gasteiger partial charge on any atom is 0.434 e. The minimum absolute atomic E-state index is 0. The second kappa shape index (κ2) is 21.9. The Morgan fingerprint density at radius 2 is 1.57 bits per heavy atom. The van der Waals surface area contributed by atoms with Crippen molar-refractivity contribution in [1.82, 2.24) is 19.7 Å². The first-order valence-electron chi connectivity index (χ1n) is 21.2. The molecule has 2 amide bonds. The Morgan fingerprint density at radius 1 is 0.881 bits per heavy atom. The Balaban J connectivity index is 0.00000666. The third-order valence-corrected chi connectivity index (χ3v) is 12.3. The van der Waals surface area contributed by atoms with Crippen LogP contribution in [0.15, 0.2) is 83.9 Å². The summed E-state index contributed by atoms with van der Waals surface area (Å²) in [5.41, 5.74) is 4.88. The molecule has 5 heterocycles. The smallest absolute Gasteiger partial charge is 0.434 e. The zero-order chi connectivity index (χ0) is 46.4. The van der Waals surface area contributed by atoms with Crippen LogP contribution in [0.1, 0.15) is 56.9 Å². The van der Waals surface area contributed by atoms with Crippen molar-refractivity contribution in [2.45, 2.75) is 45.8 Å². The fourth-order valence-electron chi connectivity index (χ4n) is 7.57. The molecule has 0 aliphatic carbocycles. The molecule has 2 aliphatic rings. The van der Waals surface area contributed by atoms with Crippen molar-refractivity contribution in [1.29, 1.82) is 0 Å². The van der Waals surface area contributed by atoms with Crippen LogP contribution in [-0.2, 0) is 36.4 Å². The van der Waals surface area contributed by atoms with Gasteiger partial charge in [0.25, 0.3) is 0 Å². The number of nitrogens with zero attached hydrogens (tertiary/aromatic N) is 5. The van der Waals surface area contributed by atoms with Crippen LogP contribution < -0.4 is 20.7 Å². The molecule has 67 heavy (non-hydrogen) atoms. The fourth-order valence-corrected chi connectivity index (χ4v) is 8.91. The zero-order valence-electron chi connectivity index (χ0n) is 36.8. The molecule has 0 bridgehead atoms. The highest BCUT2D eigenvalue weighted by atomic mass is 35.5. The van der Waals surface area contributed by atoms with E-state index in [1.807, 2.05) is 35.8 Å². The number of halogens is 4. The predicted molar refractivity (Wildman–Crippen MR) is 257 cm³/mol. The summed E-state index contributed by atoms with van der Waals surface area (Å²) in [4.78, 5) is 35.4. The van der Waals surface area contributed by atoms with Gasteiger partial charge in [-0.05, 0) is 98.1 Å². The normalized spacial score (nSPS) is 14.0. The van der Waals surface area contributed by atoms with E-state index in [2.05, 4.69) is 45.0 Å². The Bertz CT molecular complexity index is 2750. The molecule has 0 radical (unpaired) electrons. The number of aromatic nitrogens is 4. The minimum Gasteiger partial charge on any atom is -0.491 e. The highest BCUT2D eigenvalue weighted by molar-refractivity contribution is 7.59. The summed E-state index contributed by atoms with van der Waals surface area (Å²) < 4.78 is 66.5. The molecule has 6 aromatic rings. The summed E-state index contributed by atoms with van der Waals surface area (Å²) in [6.07, 6.45) is -4.52. The monoisotopic (exact) mass is 976 g/mol. The first kappa shape index (κ1) is 49.1. The lowest BCUT2D eigenvalue weighted by molar-refractivity contribution is -0.140. The number of anilines is 3. The minimum atomic E-state index is -4.68. The van der Waals surface area contributed by atoms with E-state index in [0.717, 1.165) is 32.3 Å². The van der Waals surface area contributed by atoms with Crippen LogP contribution in [0.2, 0.25) is 5.02 Å². The molecule has 352 valence electrons. The number of hydrogen-bond acceptors (Lipinski definition) is 12. The van der Waals surface area contributed by atoms with Crippen molar-refractivity contribution in [3.05, 3.63) is 128 Å². The van der Waals surface area contributed by atoms with E-state index >= 15 is 0 Å². The maximum absolute atomic E-state index is 14.0. The number of aryl methyl sites for hydroxylation is 2. The van der Waals surface area contributed by atoms with Gasteiger partial charge in [0.2, 0.25) is 11.8 Å². The average molecular weight is 978 g/mol. The zero-order valence-corrected chi connectivity index (χ0v) is 39.3. The summed E-state index contributed by atoms with van der Waals surface area (Å²) in [7, 11) is 0. The molecular formula is C47H48ClF3N8O6S2. The summed E-state index contributed by atoms with van der Waals surface area (Å²) in [6, 6.07) is 21.6. The number of benzene rings is 3. The van der Waals surface area contributed by atoms with Crippen molar-refractivity contribution in [2.24, 2.45) is 4.99 Å². The summed E-state index contributed by atoms with van der Waals surface area (Å²) in [5, 5.41) is 19.0. The highest BCUT2D eigenvalue weighted by Crippen LogP contribution is 2.41. The van der Waals surface area contributed by atoms with Crippen molar-refractivity contribution in [3.63, 3.8) is 0 Å². The molecule has 3 N–H and O–H groups in total. The van der Waals surface area contributed by atoms with E-state index in [9.17, 15) is 22.8 Å². The third-order valence-electron chi connectivity index (χ3n) is 10.9. The molecule has 0 saturated heterocycles. The second-order valence-electron chi connectivity index (χ2n) is 15.5. The van der Waals surface area contributed by atoms with Gasteiger partial charge in [-0.25, -0.2) is 4.98 Å². The maximum atomic E-state index is 14.0. The number of alkyl halides is 3. The van der Waals surface area contributed by atoms with Crippen molar-refractivity contribution in [3.8, 4) is 21.9 Å². The number of rotatable bonds is 19. The van der Waals surface area contributed by atoms with Gasteiger partial charge in [0, 0.05) is 44.5 Å². The van der Waals surface area contributed by atoms with Crippen LogP contribution in [0.5, 0.6) is 5.75 Å². The topological polar surface area (TPSA) is 163 Å². The number of carbonyl (C=O) groups excluding carboxylic acids is 2. The number of amides is 2. The molecule has 2 aliphatic heterocycles.